The molecule has 4 heteroatoms. The number of rotatable bonds is 7. The van der Waals surface area contributed by atoms with Crippen LogP contribution < -0.4 is 9.47 Å². The number of aryl methyl sites for hydroxylation is 1. The highest BCUT2D eigenvalue weighted by Crippen LogP contribution is 2.16. The SMILES string of the molecule is CCc1ccc(OC[C@H](O)COc2ccc(Cl)cc2)cc1. The Kier molecular flexibility index (Phi) is 5.90. The Morgan fingerprint density at radius 2 is 1.38 bits per heavy atom. The Balaban J connectivity index is 1.73. The van der Waals surface area contributed by atoms with E-state index in [0.717, 1.165) is 12.2 Å². The maximum Gasteiger partial charge on any atom is 0.122 e. The van der Waals surface area contributed by atoms with Crippen LogP contribution in [0.15, 0.2) is 48.5 Å². The van der Waals surface area contributed by atoms with Crippen molar-refractivity contribution >= 4 is 11.6 Å². The highest BCUT2D eigenvalue weighted by molar-refractivity contribution is 6.30. The second-order valence-corrected chi connectivity index (χ2v) is 5.16. The van der Waals surface area contributed by atoms with Gasteiger partial charge in [0.25, 0.3) is 0 Å². The van der Waals surface area contributed by atoms with E-state index in [1.54, 1.807) is 24.3 Å². The Morgan fingerprint density at radius 3 is 1.86 bits per heavy atom. The van der Waals surface area contributed by atoms with Gasteiger partial charge in [0.15, 0.2) is 0 Å². The molecule has 1 atom stereocenters. The Bertz CT molecular complexity index is 537. The molecule has 0 bridgehead atoms. The van der Waals surface area contributed by atoms with Crippen LogP contribution in [0.25, 0.3) is 0 Å². The first-order valence-corrected chi connectivity index (χ1v) is 7.33. The number of aliphatic hydroxyl groups is 1. The van der Waals surface area contributed by atoms with Crippen LogP contribution in [-0.2, 0) is 6.42 Å². The van der Waals surface area contributed by atoms with Gasteiger partial charge in [-0.1, -0.05) is 30.7 Å². The predicted octanol–water partition coefficient (Wildman–Crippen LogP) is 3.72. The fourth-order valence-corrected chi connectivity index (χ4v) is 1.91. The van der Waals surface area contributed by atoms with Crippen molar-refractivity contribution in [3.63, 3.8) is 0 Å². The number of benzene rings is 2. The van der Waals surface area contributed by atoms with Crippen molar-refractivity contribution in [2.24, 2.45) is 0 Å². The minimum Gasteiger partial charge on any atom is -0.491 e. The van der Waals surface area contributed by atoms with Crippen molar-refractivity contribution in [1.82, 2.24) is 0 Å². The molecular weight excluding hydrogens is 288 g/mol. The highest BCUT2D eigenvalue weighted by Gasteiger charge is 2.07. The monoisotopic (exact) mass is 306 g/mol. The van der Waals surface area contributed by atoms with E-state index in [1.165, 1.54) is 5.56 Å². The summed E-state index contributed by atoms with van der Waals surface area (Å²) in [6, 6.07) is 14.9. The number of ether oxygens (including phenoxy) is 2. The molecule has 0 saturated carbocycles. The third kappa shape index (κ3) is 5.29. The minimum absolute atomic E-state index is 0.175. The maximum atomic E-state index is 9.85. The summed E-state index contributed by atoms with van der Waals surface area (Å²) in [5, 5.41) is 10.5. The van der Waals surface area contributed by atoms with Crippen molar-refractivity contribution in [3.8, 4) is 11.5 Å². The molecule has 1 N–H and O–H groups in total. The molecular formula is C17H19ClO3. The average molecular weight is 307 g/mol. The summed E-state index contributed by atoms with van der Waals surface area (Å²) >= 11 is 5.79. The van der Waals surface area contributed by atoms with Crippen LogP contribution in [0.3, 0.4) is 0 Å². The van der Waals surface area contributed by atoms with E-state index in [4.69, 9.17) is 21.1 Å². The van der Waals surface area contributed by atoms with Gasteiger partial charge in [0.2, 0.25) is 0 Å². The maximum absolute atomic E-state index is 9.85. The van der Waals surface area contributed by atoms with Crippen molar-refractivity contribution in [3.05, 3.63) is 59.1 Å². The molecule has 0 heterocycles. The summed E-state index contributed by atoms with van der Waals surface area (Å²) in [4.78, 5) is 0. The summed E-state index contributed by atoms with van der Waals surface area (Å²) in [5.41, 5.74) is 1.26. The van der Waals surface area contributed by atoms with E-state index >= 15 is 0 Å². The lowest BCUT2D eigenvalue weighted by molar-refractivity contribution is 0.0626. The van der Waals surface area contributed by atoms with Crippen LogP contribution in [0.4, 0.5) is 0 Å². The summed E-state index contributed by atoms with van der Waals surface area (Å²) in [6.07, 6.45) is 0.309. The van der Waals surface area contributed by atoms with E-state index in [9.17, 15) is 5.11 Å². The highest BCUT2D eigenvalue weighted by atomic mass is 35.5. The molecule has 0 aliphatic heterocycles. The number of aliphatic hydroxyl groups excluding tert-OH is 1. The fourth-order valence-electron chi connectivity index (χ4n) is 1.79. The van der Waals surface area contributed by atoms with E-state index in [1.807, 2.05) is 24.3 Å². The third-order valence-electron chi connectivity index (χ3n) is 3.03. The van der Waals surface area contributed by atoms with E-state index in [0.29, 0.717) is 10.8 Å². The molecule has 2 aromatic carbocycles. The second kappa shape index (κ2) is 7.91. The smallest absolute Gasteiger partial charge is 0.122 e. The lowest BCUT2D eigenvalue weighted by Gasteiger charge is -2.14. The van der Waals surface area contributed by atoms with Gasteiger partial charge in [-0.3, -0.25) is 0 Å². The molecule has 0 unspecified atom stereocenters. The first kappa shape index (κ1) is 15.7. The first-order chi connectivity index (χ1) is 10.2. The van der Waals surface area contributed by atoms with Gasteiger partial charge >= 0.3 is 0 Å². The summed E-state index contributed by atoms with van der Waals surface area (Å²) < 4.78 is 11.0. The molecule has 0 amide bonds. The molecule has 3 nitrogen and oxygen atoms in total. The van der Waals surface area contributed by atoms with Crippen molar-refractivity contribution < 1.29 is 14.6 Å². The van der Waals surface area contributed by atoms with E-state index < -0.39 is 6.10 Å². The minimum atomic E-state index is -0.688. The van der Waals surface area contributed by atoms with Crippen LogP contribution in [0.5, 0.6) is 11.5 Å². The van der Waals surface area contributed by atoms with Gasteiger partial charge in [0.1, 0.15) is 30.8 Å². The van der Waals surface area contributed by atoms with Crippen LogP contribution in [-0.4, -0.2) is 24.4 Å². The topological polar surface area (TPSA) is 38.7 Å². The first-order valence-electron chi connectivity index (χ1n) is 6.95. The van der Waals surface area contributed by atoms with Gasteiger partial charge in [0.05, 0.1) is 0 Å². The normalized spacial score (nSPS) is 12.0. The molecule has 2 rings (SSSR count). The van der Waals surface area contributed by atoms with Crippen molar-refractivity contribution in [2.75, 3.05) is 13.2 Å². The fraction of sp³-hybridized carbons (Fsp3) is 0.294. The lowest BCUT2D eigenvalue weighted by atomic mass is 10.2. The largest absolute Gasteiger partial charge is 0.491 e. The zero-order chi connectivity index (χ0) is 15.1. The zero-order valence-electron chi connectivity index (χ0n) is 12.0. The van der Waals surface area contributed by atoms with Crippen molar-refractivity contribution in [1.29, 1.82) is 0 Å². The summed E-state index contributed by atoms with van der Waals surface area (Å²) in [7, 11) is 0. The third-order valence-corrected chi connectivity index (χ3v) is 3.28. The van der Waals surface area contributed by atoms with E-state index in [-0.39, 0.29) is 13.2 Å². The number of hydrogen-bond donors (Lipinski definition) is 1. The Morgan fingerprint density at radius 1 is 0.905 bits per heavy atom. The molecule has 0 aliphatic carbocycles. The van der Waals surface area contributed by atoms with Gasteiger partial charge in [-0.2, -0.15) is 0 Å². The standard InChI is InChI=1S/C17H19ClO3/c1-2-13-3-7-16(8-4-13)20-11-15(19)12-21-17-9-5-14(18)6-10-17/h3-10,15,19H,2,11-12H2,1H3/t15-/m0/s1. The van der Waals surface area contributed by atoms with Crippen LogP contribution in [0, 0.1) is 0 Å². The van der Waals surface area contributed by atoms with Gasteiger partial charge in [-0.25, -0.2) is 0 Å². The molecule has 0 aromatic heterocycles. The van der Waals surface area contributed by atoms with Crippen LogP contribution in [0.1, 0.15) is 12.5 Å². The molecule has 0 fully saturated rings. The van der Waals surface area contributed by atoms with Crippen molar-refractivity contribution in [2.45, 2.75) is 19.4 Å². The molecule has 0 spiro atoms. The molecule has 0 radical (unpaired) electrons. The Hall–Kier alpha value is -1.71. The molecule has 0 saturated heterocycles. The number of halogens is 1. The molecule has 2 aromatic rings. The van der Waals surface area contributed by atoms with Crippen LogP contribution >= 0.6 is 11.6 Å². The second-order valence-electron chi connectivity index (χ2n) is 4.73. The zero-order valence-corrected chi connectivity index (χ0v) is 12.7. The molecule has 21 heavy (non-hydrogen) atoms. The molecule has 112 valence electrons. The van der Waals surface area contributed by atoms with Gasteiger partial charge in [-0.05, 0) is 48.4 Å². The summed E-state index contributed by atoms with van der Waals surface area (Å²) in [6.45, 7) is 2.47. The Labute approximate surface area is 130 Å². The predicted molar refractivity (Wildman–Crippen MR) is 84.3 cm³/mol. The summed E-state index contributed by atoms with van der Waals surface area (Å²) in [5.74, 6) is 1.42. The average Bonchev–Trinajstić information content (AvgIpc) is 2.53. The van der Waals surface area contributed by atoms with Gasteiger partial charge in [0, 0.05) is 5.02 Å². The van der Waals surface area contributed by atoms with E-state index in [2.05, 4.69) is 6.92 Å². The molecule has 0 aliphatic rings. The van der Waals surface area contributed by atoms with Gasteiger partial charge in [-0.15, -0.1) is 0 Å². The van der Waals surface area contributed by atoms with Gasteiger partial charge < -0.3 is 14.6 Å². The number of hydrogen-bond acceptors (Lipinski definition) is 3. The van der Waals surface area contributed by atoms with Crippen LogP contribution in [0.2, 0.25) is 5.02 Å². The lowest BCUT2D eigenvalue weighted by Crippen LogP contribution is -2.25. The quantitative estimate of drug-likeness (QED) is 0.847.